The standard InChI is InChI=1S/C14H13F5N4O2/c1-6-8(11(25-3)22-7(2)21-6)4-23-5-20-10(9(15)12(23)24)14(18,19)13(16)17/h5,13H,4H2,1-3H3. The number of halogens is 5. The molecular weight excluding hydrogens is 351 g/mol. The Hall–Kier alpha value is -2.59. The molecular formula is C14H13F5N4O2. The summed E-state index contributed by atoms with van der Waals surface area (Å²) in [6.07, 6.45) is -3.63. The van der Waals surface area contributed by atoms with Crippen LogP contribution in [0.15, 0.2) is 11.1 Å². The molecule has 0 aromatic carbocycles. The molecule has 2 heterocycles. The van der Waals surface area contributed by atoms with Crippen molar-refractivity contribution in [1.29, 1.82) is 0 Å². The van der Waals surface area contributed by atoms with Crippen LogP contribution in [0, 0.1) is 19.7 Å². The van der Waals surface area contributed by atoms with Crippen molar-refractivity contribution in [3.8, 4) is 5.88 Å². The Kier molecular flexibility index (Phi) is 5.04. The molecule has 0 unspecified atom stereocenters. The topological polar surface area (TPSA) is 69.9 Å². The van der Waals surface area contributed by atoms with Crippen LogP contribution in [-0.2, 0) is 12.5 Å². The summed E-state index contributed by atoms with van der Waals surface area (Å²) in [6.45, 7) is 2.85. The molecule has 0 amide bonds. The first kappa shape index (κ1) is 18.7. The van der Waals surface area contributed by atoms with Crippen molar-refractivity contribution in [2.24, 2.45) is 0 Å². The molecule has 0 atom stereocenters. The first-order chi connectivity index (χ1) is 11.6. The van der Waals surface area contributed by atoms with Gasteiger partial charge in [0.2, 0.25) is 11.7 Å². The number of methoxy groups -OCH3 is 1. The highest BCUT2D eigenvalue weighted by atomic mass is 19.3. The largest absolute Gasteiger partial charge is 0.481 e. The predicted molar refractivity (Wildman–Crippen MR) is 75.5 cm³/mol. The molecule has 2 rings (SSSR count). The van der Waals surface area contributed by atoms with Crippen molar-refractivity contribution in [3.63, 3.8) is 0 Å². The van der Waals surface area contributed by atoms with Crippen molar-refractivity contribution in [2.45, 2.75) is 32.7 Å². The fourth-order valence-electron chi connectivity index (χ4n) is 2.14. The quantitative estimate of drug-likeness (QED) is 0.761. The van der Waals surface area contributed by atoms with Crippen LogP contribution in [0.25, 0.3) is 0 Å². The Balaban J connectivity index is 2.51. The van der Waals surface area contributed by atoms with E-state index in [1.165, 1.54) is 7.11 Å². The molecule has 0 radical (unpaired) electrons. The van der Waals surface area contributed by atoms with E-state index in [0.29, 0.717) is 28.0 Å². The predicted octanol–water partition coefficient (Wildman–Crippen LogP) is 2.20. The Bertz CT molecular complexity index is 854. The maximum Gasteiger partial charge on any atom is 0.352 e. The van der Waals surface area contributed by atoms with Crippen LogP contribution in [0.1, 0.15) is 22.8 Å². The van der Waals surface area contributed by atoms with E-state index in [-0.39, 0.29) is 12.4 Å². The second-order valence-corrected chi connectivity index (χ2v) is 5.11. The molecule has 2 aromatic heterocycles. The van der Waals surface area contributed by atoms with Gasteiger partial charge in [0.05, 0.1) is 25.5 Å². The highest BCUT2D eigenvalue weighted by molar-refractivity contribution is 5.30. The molecule has 0 aliphatic carbocycles. The van der Waals surface area contributed by atoms with E-state index in [1.54, 1.807) is 13.8 Å². The summed E-state index contributed by atoms with van der Waals surface area (Å²) < 4.78 is 70.8. The summed E-state index contributed by atoms with van der Waals surface area (Å²) in [6, 6.07) is 0. The monoisotopic (exact) mass is 364 g/mol. The molecule has 136 valence electrons. The Morgan fingerprint density at radius 3 is 2.48 bits per heavy atom. The molecule has 2 aromatic rings. The van der Waals surface area contributed by atoms with E-state index < -0.39 is 29.4 Å². The Morgan fingerprint density at radius 1 is 1.28 bits per heavy atom. The van der Waals surface area contributed by atoms with Gasteiger partial charge >= 0.3 is 12.3 Å². The first-order valence-corrected chi connectivity index (χ1v) is 6.89. The lowest BCUT2D eigenvalue weighted by molar-refractivity contribution is -0.140. The molecule has 0 saturated carbocycles. The third-order valence-electron chi connectivity index (χ3n) is 3.38. The summed E-state index contributed by atoms with van der Waals surface area (Å²) in [5.41, 5.74) is -2.71. The fraction of sp³-hybridized carbons (Fsp3) is 0.429. The zero-order valence-corrected chi connectivity index (χ0v) is 13.4. The van der Waals surface area contributed by atoms with Gasteiger partial charge < -0.3 is 4.74 Å². The second-order valence-electron chi connectivity index (χ2n) is 5.11. The summed E-state index contributed by atoms with van der Waals surface area (Å²) in [4.78, 5) is 23.0. The number of nitrogens with zero attached hydrogens (tertiary/aromatic N) is 4. The van der Waals surface area contributed by atoms with Gasteiger partial charge in [-0.05, 0) is 13.8 Å². The molecule has 0 aliphatic heterocycles. The number of hydrogen-bond donors (Lipinski definition) is 0. The fourth-order valence-corrected chi connectivity index (χ4v) is 2.14. The Morgan fingerprint density at radius 2 is 1.92 bits per heavy atom. The number of aromatic nitrogens is 4. The normalized spacial score (nSPS) is 11.9. The summed E-state index contributed by atoms with van der Waals surface area (Å²) in [7, 11) is 1.32. The number of alkyl halides is 4. The molecule has 0 aliphatic rings. The summed E-state index contributed by atoms with van der Waals surface area (Å²) >= 11 is 0. The van der Waals surface area contributed by atoms with Gasteiger partial charge in [-0.1, -0.05) is 0 Å². The van der Waals surface area contributed by atoms with Crippen LogP contribution in [0.5, 0.6) is 5.88 Å². The maximum atomic E-state index is 13.9. The van der Waals surface area contributed by atoms with Crippen LogP contribution in [0.4, 0.5) is 22.0 Å². The summed E-state index contributed by atoms with van der Waals surface area (Å²) in [5.74, 6) is -6.42. The van der Waals surface area contributed by atoms with E-state index in [4.69, 9.17) is 4.74 Å². The van der Waals surface area contributed by atoms with Crippen LogP contribution >= 0.6 is 0 Å². The van der Waals surface area contributed by atoms with E-state index in [1.807, 2.05) is 0 Å². The van der Waals surface area contributed by atoms with Crippen LogP contribution in [0.3, 0.4) is 0 Å². The average Bonchev–Trinajstić information content (AvgIpc) is 2.53. The number of rotatable bonds is 5. The molecule has 0 saturated heterocycles. The number of hydrogen-bond acceptors (Lipinski definition) is 5. The molecule has 0 N–H and O–H groups in total. The van der Waals surface area contributed by atoms with Crippen molar-refractivity contribution in [3.05, 3.63) is 45.3 Å². The average molecular weight is 364 g/mol. The van der Waals surface area contributed by atoms with Crippen molar-refractivity contribution >= 4 is 0 Å². The minimum atomic E-state index is -4.87. The van der Waals surface area contributed by atoms with Gasteiger partial charge in [0.15, 0.2) is 5.69 Å². The molecule has 0 spiro atoms. The third-order valence-corrected chi connectivity index (χ3v) is 3.38. The molecule has 0 fully saturated rings. The Labute approximate surface area is 138 Å². The zero-order chi connectivity index (χ0) is 18.9. The highest BCUT2D eigenvalue weighted by Crippen LogP contribution is 2.33. The number of ether oxygens (including phenoxy) is 1. The van der Waals surface area contributed by atoms with E-state index in [9.17, 15) is 26.7 Å². The van der Waals surface area contributed by atoms with Gasteiger partial charge in [0.25, 0.3) is 5.56 Å². The smallest absolute Gasteiger partial charge is 0.352 e. The van der Waals surface area contributed by atoms with E-state index in [0.717, 1.165) is 0 Å². The van der Waals surface area contributed by atoms with Crippen molar-refractivity contribution in [1.82, 2.24) is 19.5 Å². The first-order valence-electron chi connectivity index (χ1n) is 6.89. The van der Waals surface area contributed by atoms with E-state index in [2.05, 4.69) is 15.0 Å². The van der Waals surface area contributed by atoms with Gasteiger partial charge in [-0.3, -0.25) is 9.36 Å². The lowest BCUT2D eigenvalue weighted by atomic mass is 10.2. The van der Waals surface area contributed by atoms with Crippen LogP contribution < -0.4 is 10.3 Å². The van der Waals surface area contributed by atoms with Crippen LogP contribution in [-0.4, -0.2) is 33.1 Å². The molecule has 11 heteroatoms. The lowest BCUT2D eigenvalue weighted by Gasteiger charge is -2.16. The van der Waals surface area contributed by atoms with E-state index >= 15 is 0 Å². The molecule has 6 nitrogen and oxygen atoms in total. The SMILES string of the molecule is COc1nc(C)nc(C)c1Cn1cnc(C(F)(F)C(F)F)c(F)c1=O. The maximum absolute atomic E-state index is 13.9. The van der Waals surface area contributed by atoms with Gasteiger partial charge in [0, 0.05) is 5.69 Å². The van der Waals surface area contributed by atoms with Gasteiger partial charge in [-0.15, -0.1) is 0 Å². The van der Waals surface area contributed by atoms with Gasteiger partial charge in [-0.2, -0.15) is 18.2 Å². The minimum Gasteiger partial charge on any atom is -0.481 e. The molecule has 25 heavy (non-hydrogen) atoms. The summed E-state index contributed by atoms with van der Waals surface area (Å²) in [5, 5.41) is 0. The van der Waals surface area contributed by atoms with Crippen molar-refractivity contribution in [2.75, 3.05) is 7.11 Å². The lowest BCUT2D eigenvalue weighted by Crippen LogP contribution is -2.33. The van der Waals surface area contributed by atoms with Crippen molar-refractivity contribution < 1.29 is 26.7 Å². The number of aryl methyl sites for hydroxylation is 2. The zero-order valence-electron chi connectivity index (χ0n) is 13.4. The van der Waals surface area contributed by atoms with Gasteiger partial charge in [-0.25, -0.2) is 18.7 Å². The third kappa shape index (κ3) is 3.44. The van der Waals surface area contributed by atoms with Crippen LogP contribution in [0.2, 0.25) is 0 Å². The molecule has 0 bridgehead atoms. The highest BCUT2D eigenvalue weighted by Gasteiger charge is 2.47. The second kappa shape index (κ2) is 6.73. The van der Waals surface area contributed by atoms with Gasteiger partial charge in [0.1, 0.15) is 5.82 Å². The minimum absolute atomic E-state index is 0.110.